The highest BCUT2D eigenvalue weighted by atomic mass is 16.6. The third-order valence-corrected chi connectivity index (χ3v) is 5.05. The van der Waals surface area contributed by atoms with Gasteiger partial charge in [0.05, 0.1) is 11.1 Å². The van der Waals surface area contributed by atoms with Gasteiger partial charge in [0.1, 0.15) is 18.8 Å². The van der Waals surface area contributed by atoms with E-state index in [0.717, 1.165) is 0 Å². The van der Waals surface area contributed by atoms with Crippen LogP contribution >= 0.6 is 0 Å². The van der Waals surface area contributed by atoms with Crippen LogP contribution in [0.25, 0.3) is 0 Å². The van der Waals surface area contributed by atoms with Gasteiger partial charge in [0.15, 0.2) is 0 Å². The molecule has 0 spiro atoms. The van der Waals surface area contributed by atoms with Gasteiger partial charge in [0, 0.05) is 5.56 Å². The average molecular weight is 446 g/mol. The van der Waals surface area contributed by atoms with E-state index >= 15 is 0 Å². The summed E-state index contributed by atoms with van der Waals surface area (Å²) in [5, 5.41) is 2.89. The number of rotatable bonds is 10. The first-order valence-corrected chi connectivity index (χ1v) is 10.9. The number of benzene rings is 3. The Hall–Kier alpha value is -3.93. The number of esters is 2. The van der Waals surface area contributed by atoms with Gasteiger partial charge in [-0.05, 0) is 42.8 Å². The molecule has 0 aliphatic heterocycles. The molecule has 1 amide bonds. The van der Waals surface area contributed by atoms with Crippen LogP contribution in [0.4, 0.5) is 0 Å². The fraction of sp³-hybridized carbons (Fsp3) is 0.222. The molecule has 6 heteroatoms. The number of carbonyl (C=O) groups excluding carboxylic acids is 3. The molecule has 0 bridgehead atoms. The van der Waals surface area contributed by atoms with Crippen molar-refractivity contribution in [1.82, 2.24) is 5.32 Å². The highest BCUT2D eigenvalue weighted by Gasteiger charge is 2.29. The lowest BCUT2D eigenvalue weighted by molar-refractivity contribution is 0.00325. The van der Waals surface area contributed by atoms with Gasteiger partial charge in [0.2, 0.25) is 0 Å². The summed E-state index contributed by atoms with van der Waals surface area (Å²) >= 11 is 0. The summed E-state index contributed by atoms with van der Waals surface area (Å²) in [6.07, 6.45) is 0.511. The van der Waals surface area contributed by atoms with Gasteiger partial charge in [-0.15, -0.1) is 0 Å². The summed E-state index contributed by atoms with van der Waals surface area (Å²) < 4.78 is 11.3. The number of hydrogen-bond donors (Lipinski definition) is 1. The summed E-state index contributed by atoms with van der Waals surface area (Å²) in [5.41, 5.74) is 1.27. The first-order chi connectivity index (χ1) is 16.1. The van der Waals surface area contributed by atoms with Gasteiger partial charge in [-0.25, -0.2) is 9.59 Å². The molecule has 0 aliphatic carbocycles. The fourth-order valence-corrected chi connectivity index (χ4v) is 3.31. The molecule has 1 N–H and O–H groups in total. The van der Waals surface area contributed by atoms with Crippen molar-refractivity contribution in [3.05, 3.63) is 108 Å². The van der Waals surface area contributed by atoms with E-state index in [9.17, 15) is 14.4 Å². The Kier molecular flexibility index (Phi) is 8.77. The highest BCUT2D eigenvalue weighted by Crippen LogP contribution is 2.14. The minimum atomic E-state index is -0.724. The van der Waals surface area contributed by atoms with Gasteiger partial charge in [-0.3, -0.25) is 4.79 Å². The SMILES string of the molecule is CCC[C@@H](OC(=O)c1ccccc1)[C@H](COC(=O)c1ccccc1)NC(=O)c1ccccc1. The van der Waals surface area contributed by atoms with Crippen molar-refractivity contribution in [3.8, 4) is 0 Å². The van der Waals surface area contributed by atoms with Crippen molar-refractivity contribution in [3.63, 3.8) is 0 Å². The number of amides is 1. The van der Waals surface area contributed by atoms with Crippen molar-refractivity contribution in [1.29, 1.82) is 0 Å². The van der Waals surface area contributed by atoms with E-state index in [4.69, 9.17) is 9.47 Å². The van der Waals surface area contributed by atoms with Crippen LogP contribution in [0.3, 0.4) is 0 Å². The van der Waals surface area contributed by atoms with E-state index in [1.54, 1.807) is 78.9 Å². The van der Waals surface area contributed by atoms with Crippen LogP contribution in [0.15, 0.2) is 91.0 Å². The zero-order valence-electron chi connectivity index (χ0n) is 18.5. The molecule has 0 fully saturated rings. The van der Waals surface area contributed by atoms with E-state index in [0.29, 0.717) is 29.5 Å². The Bertz CT molecular complexity index is 1040. The molecule has 3 aromatic carbocycles. The number of hydrogen-bond acceptors (Lipinski definition) is 5. The Balaban J connectivity index is 1.78. The highest BCUT2D eigenvalue weighted by molar-refractivity contribution is 5.94. The molecule has 2 atom stereocenters. The lowest BCUT2D eigenvalue weighted by atomic mass is 10.1. The third-order valence-electron chi connectivity index (χ3n) is 5.05. The Morgan fingerprint density at radius 2 is 1.21 bits per heavy atom. The molecule has 6 nitrogen and oxygen atoms in total. The van der Waals surface area contributed by atoms with E-state index < -0.39 is 24.1 Å². The van der Waals surface area contributed by atoms with Crippen molar-refractivity contribution >= 4 is 17.8 Å². The predicted molar refractivity (Wildman–Crippen MR) is 125 cm³/mol. The van der Waals surface area contributed by atoms with Crippen LogP contribution in [0, 0.1) is 0 Å². The van der Waals surface area contributed by atoms with E-state index in [-0.39, 0.29) is 12.5 Å². The average Bonchev–Trinajstić information content (AvgIpc) is 2.87. The van der Waals surface area contributed by atoms with Crippen LogP contribution < -0.4 is 5.32 Å². The molecular weight excluding hydrogens is 418 g/mol. The van der Waals surface area contributed by atoms with Crippen LogP contribution in [0.2, 0.25) is 0 Å². The maximum atomic E-state index is 12.8. The summed E-state index contributed by atoms with van der Waals surface area (Å²) in [6.45, 7) is 1.81. The van der Waals surface area contributed by atoms with E-state index in [1.807, 2.05) is 19.1 Å². The molecular formula is C27H27NO5. The fourth-order valence-electron chi connectivity index (χ4n) is 3.31. The first-order valence-electron chi connectivity index (χ1n) is 10.9. The second-order valence-corrected chi connectivity index (χ2v) is 7.51. The maximum absolute atomic E-state index is 12.8. The smallest absolute Gasteiger partial charge is 0.338 e. The lowest BCUT2D eigenvalue weighted by Gasteiger charge is -2.27. The van der Waals surface area contributed by atoms with Crippen molar-refractivity contribution in [2.75, 3.05) is 6.61 Å². The zero-order valence-corrected chi connectivity index (χ0v) is 18.5. The largest absolute Gasteiger partial charge is 0.460 e. The molecule has 0 unspecified atom stereocenters. The number of ether oxygens (including phenoxy) is 2. The molecule has 33 heavy (non-hydrogen) atoms. The van der Waals surface area contributed by atoms with Crippen LogP contribution in [-0.4, -0.2) is 36.6 Å². The van der Waals surface area contributed by atoms with Gasteiger partial charge < -0.3 is 14.8 Å². The molecule has 0 saturated carbocycles. The van der Waals surface area contributed by atoms with Gasteiger partial charge in [-0.2, -0.15) is 0 Å². The lowest BCUT2D eigenvalue weighted by Crippen LogP contribution is -2.48. The normalized spacial score (nSPS) is 12.3. The van der Waals surface area contributed by atoms with Crippen molar-refractivity contribution in [2.45, 2.75) is 31.9 Å². The second-order valence-electron chi connectivity index (χ2n) is 7.51. The Morgan fingerprint density at radius 1 is 0.727 bits per heavy atom. The molecule has 0 aliphatic rings. The van der Waals surface area contributed by atoms with Gasteiger partial charge in [-0.1, -0.05) is 67.9 Å². The Morgan fingerprint density at radius 3 is 1.73 bits per heavy atom. The van der Waals surface area contributed by atoms with E-state index in [1.165, 1.54) is 0 Å². The summed E-state index contributed by atoms with van der Waals surface area (Å²) in [4.78, 5) is 38.0. The predicted octanol–water partition coefficient (Wildman–Crippen LogP) is 4.67. The van der Waals surface area contributed by atoms with Crippen molar-refractivity contribution in [2.24, 2.45) is 0 Å². The molecule has 0 saturated heterocycles. The number of carbonyl (C=O) groups is 3. The molecule has 0 heterocycles. The summed E-state index contributed by atoms with van der Waals surface area (Å²) in [5.74, 6) is -1.35. The zero-order chi connectivity index (χ0) is 23.5. The molecule has 170 valence electrons. The van der Waals surface area contributed by atoms with Crippen LogP contribution in [-0.2, 0) is 9.47 Å². The molecule has 0 radical (unpaired) electrons. The quantitative estimate of drug-likeness (QED) is 0.459. The Labute approximate surface area is 193 Å². The molecule has 3 aromatic rings. The minimum absolute atomic E-state index is 0.140. The second kappa shape index (κ2) is 12.2. The summed E-state index contributed by atoms with van der Waals surface area (Å²) in [6, 6.07) is 25.2. The molecule has 0 aromatic heterocycles. The molecule has 3 rings (SSSR count). The maximum Gasteiger partial charge on any atom is 0.338 e. The van der Waals surface area contributed by atoms with Crippen molar-refractivity contribution < 1.29 is 23.9 Å². The standard InChI is InChI=1S/C27H27NO5/c1-2-12-24(33-27(31)22-17-10-5-11-18-22)23(28-25(29)20-13-6-3-7-14-20)19-32-26(30)21-15-8-4-9-16-21/h3-11,13-18,23-24H,2,12,19H2,1H3,(H,28,29)/t23-,24+/m0/s1. The van der Waals surface area contributed by atoms with Gasteiger partial charge in [0.25, 0.3) is 5.91 Å². The third kappa shape index (κ3) is 7.04. The topological polar surface area (TPSA) is 81.7 Å². The first kappa shape index (κ1) is 23.7. The van der Waals surface area contributed by atoms with Crippen LogP contribution in [0.1, 0.15) is 50.8 Å². The van der Waals surface area contributed by atoms with Crippen LogP contribution in [0.5, 0.6) is 0 Å². The number of nitrogens with one attached hydrogen (secondary N) is 1. The van der Waals surface area contributed by atoms with Gasteiger partial charge >= 0.3 is 11.9 Å². The van der Waals surface area contributed by atoms with E-state index in [2.05, 4.69) is 5.32 Å². The monoisotopic (exact) mass is 445 g/mol. The minimum Gasteiger partial charge on any atom is -0.460 e. The summed E-state index contributed by atoms with van der Waals surface area (Å²) in [7, 11) is 0.